The van der Waals surface area contributed by atoms with Gasteiger partial charge in [0.1, 0.15) is 4.99 Å². The number of thiocarbonyl (C=S) groups is 1. The molecule has 1 atom stereocenters. The van der Waals surface area contributed by atoms with Crippen LogP contribution < -0.4 is 10.6 Å². The number of hydrogen-bond donors (Lipinski definition) is 1. The number of aromatic nitrogens is 1. The summed E-state index contributed by atoms with van der Waals surface area (Å²) in [6.07, 6.45) is 1.81. The van der Waals surface area contributed by atoms with E-state index >= 15 is 0 Å². The monoisotopic (exact) mass is 237 g/mol. The van der Waals surface area contributed by atoms with E-state index in [1.54, 1.807) is 0 Å². The molecule has 0 radical (unpaired) electrons. The zero-order chi connectivity index (χ0) is 12.3. The molecule has 88 valence electrons. The van der Waals surface area contributed by atoms with E-state index in [1.165, 1.54) is 0 Å². The first-order valence-electron chi connectivity index (χ1n) is 5.42. The Morgan fingerprint density at radius 1 is 1.38 bits per heavy atom. The number of rotatable bonds is 4. The molecule has 2 N–H and O–H groups in total. The van der Waals surface area contributed by atoms with Crippen LogP contribution in [0.3, 0.4) is 0 Å². The number of hydrogen-bond acceptors (Lipinski definition) is 3. The van der Waals surface area contributed by atoms with E-state index < -0.39 is 0 Å². The Hall–Kier alpha value is -1.16. The Labute approximate surface area is 103 Å². The Morgan fingerprint density at radius 3 is 2.38 bits per heavy atom. The number of nitrogens with two attached hydrogens (primary N) is 1. The number of pyridine rings is 1. The first-order chi connectivity index (χ1) is 7.43. The highest BCUT2D eigenvalue weighted by atomic mass is 32.1. The van der Waals surface area contributed by atoms with Gasteiger partial charge in [-0.3, -0.25) is 4.98 Å². The van der Waals surface area contributed by atoms with E-state index in [0.717, 1.165) is 5.69 Å². The van der Waals surface area contributed by atoms with Gasteiger partial charge in [-0.1, -0.05) is 26.1 Å². The lowest BCUT2D eigenvalue weighted by Crippen LogP contribution is -2.33. The van der Waals surface area contributed by atoms with Crippen LogP contribution >= 0.6 is 12.2 Å². The zero-order valence-electron chi connectivity index (χ0n) is 10.3. The van der Waals surface area contributed by atoms with Gasteiger partial charge in [0.25, 0.3) is 0 Å². The second kappa shape index (κ2) is 5.25. The minimum Gasteiger partial charge on any atom is -0.388 e. The van der Waals surface area contributed by atoms with Crippen LogP contribution in [0.15, 0.2) is 18.3 Å². The summed E-state index contributed by atoms with van der Waals surface area (Å²) in [5, 5.41) is 0. The van der Waals surface area contributed by atoms with Crippen molar-refractivity contribution < 1.29 is 0 Å². The topological polar surface area (TPSA) is 42.1 Å². The highest BCUT2D eigenvalue weighted by molar-refractivity contribution is 7.80. The first-order valence-corrected chi connectivity index (χ1v) is 5.83. The SMILES string of the molecule is CC(C)C(C)N(C)c1ccc(C(N)=S)nc1. The Kier molecular flexibility index (Phi) is 4.24. The fourth-order valence-corrected chi connectivity index (χ4v) is 1.54. The van der Waals surface area contributed by atoms with Crippen LogP contribution in [-0.2, 0) is 0 Å². The van der Waals surface area contributed by atoms with Crippen LogP contribution in [0, 0.1) is 5.92 Å². The van der Waals surface area contributed by atoms with Gasteiger partial charge in [0.05, 0.1) is 17.6 Å². The lowest BCUT2D eigenvalue weighted by atomic mass is 10.0. The average molecular weight is 237 g/mol. The molecule has 3 nitrogen and oxygen atoms in total. The molecule has 1 aromatic rings. The van der Waals surface area contributed by atoms with E-state index in [4.69, 9.17) is 18.0 Å². The van der Waals surface area contributed by atoms with Crippen molar-refractivity contribution in [1.82, 2.24) is 4.98 Å². The molecule has 0 aliphatic carbocycles. The fraction of sp³-hybridized carbons (Fsp3) is 0.500. The summed E-state index contributed by atoms with van der Waals surface area (Å²) in [4.78, 5) is 6.78. The molecular formula is C12H19N3S. The molecule has 1 aromatic heterocycles. The van der Waals surface area contributed by atoms with Gasteiger partial charge in [0, 0.05) is 13.1 Å². The summed E-state index contributed by atoms with van der Waals surface area (Å²) in [7, 11) is 2.07. The maximum atomic E-state index is 5.50. The van der Waals surface area contributed by atoms with Crippen molar-refractivity contribution in [3.8, 4) is 0 Å². The van der Waals surface area contributed by atoms with Crippen molar-refractivity contribution in [1.29, 1.82) is 0 Å². The zero-order valence-corrected chi connectivity index (χ0v) is 11.1. The maximum absolute atomic E-state index is 5.50. The second-order valence-electron chi connectivity index (χ2n) is 4.36. The Morgan fingerprint density at radius 2 is 2.00 bits per heavy atom. The summed E-state index contributed by atoms with van der Waals surface area (Å²) in [5.74, 6) is 0.597. The van der Waals surface area contributed by atoms with Crippen molar-refractivity contribution in [3.63, 3.8) is 0 Å². The average Bonchev–Trinajstić information content (AvgIpc) is 2.27. The largest absolute Gasteiger partial charge is 0.388 e. The van der Waals surface area contributed by atoms with Crippen molar-refractivity contribution in [2.45, 2.75) is 26.8 Å². The summed E-state index contributed by atoms with van der Waals surface area (Å²) in [5.41, 5.74) is 7.26. The van der Waals surface area contributed by atoms with E-state index in [2.05, 4.69) is 37.7 Å². The molecule has 0 aliphatic heterocycles. The second-order valence-corrected chi connectivity index (χ2v) is 4.80. The maximum Gasteiger partial charge on any atom is 0.122 e. The summed E-state index contributed by atoms with van der Waals surface area (Å²) in [6, 6.07) is 4.33. The molecule has 0 saturated heterocycles. The predicted octanol–water partition coefficient (Wildman–Crippen LogP) is 2.20. The summed E-state index contributed by atoms with van der Waals surface area (Å²) in [6.45, 7) is 6.61. The van der Waals surface area contributed by atoms with Gasteiger partial charge in [0.2, 0.25) is 0 Å². The molecule has 0 fully saturated rings. The smallest absolute Gasteiger partial charge is 0.122 e. The van der Waals surface area contributed by atoms with Crippen LogP contribution in [0.25, 0.3) is 0 Å². The van der Waals surface area contributed by atoms with Crippen LogP contribution in [0.2, 0.25) is 0 Å². The van der Waals surface area contributed by atoms with Gasteiger partial charge < -0.3 is 10.6 Å². The van der Waals surface area contributed by atoms with Crippen molar-refractivity contribution in [2.75, 3.05) is 11.9 Å². The molecule has 0 spiro atoms. The molecule has 4 heteroatoms. The normalized spacial score (nSPS) is 12.6. The molecule has 1 unspecified atom stereocenters. The molecule has 1 heterocycles. The van der Waals surface area contributed by atoms with Gasteiger partial charge in [-0.05, 0) is 25.0 Å². The van der Waals surface area contributed by atoms with E-state index in [9.17, 15) is 0 Å². The third-order valence-corrected chi connectivity index (χ3v) is 3.19. The molecule has 0 amide bonds. The third kappa shape index (κ3) is 2.92. The lowest BCUT2D eigenvalue weighted by Gasteiger charge is -2.29. The number of anilines is 1. The third-order valence-electron chi connectivity index (χ3n) is 2.98. The van der Waals surface area contributed by atoms with Crippen LogP contribution in [0.4, 0.5) is 5.69 Å². The van der Waals surface area contributed by atoms with Crippen molar-refractivity contribution >= 4 is 22.9 Å². The summed E-state index contributed by atoms with van der Waals surface area (Å²) >= 11 is 4.87. The van der Waals surface area contributed by atoms with Gasteiger partial charge >= 0.3 is 0 Å². The fourth-order valence-electron chi connectivity index (χ4n) is 1.42. The quantitative estimate of drug-likeness (QED) is 0.815. The highest BCUT2D eigenvalue weighted by Crippen LogP contribution is 2.18. The molecule has 0 aliphatic rings. The van der Waals surface area contributed by atoms with Gasteiger partial charge in [-0.15, -0.1) is 0 Å². The Bertz CT molecular complexity index is 359. The summed E-state index contributed by atoms with van der Waals surface area (Å²) < 4.78 is 0. The van der Waals surface area contributed by atoms with Gasteiger partial charge in [0.15, 0.2) is 0 Å². The lowest BCUT2D eigenvalue weighted by molar-refractivity contribution is 0.505. The minimum atomic E-state index is 0.339. The minimum absolute atomic E-state index is 0.339. The highest BCUT2D eigenvalue weighted by Gasteiger charge is 2.13. The van der Waals surface area contributed by atoms with Gasteiger partial charge in [-0.2, -0.15) is 0 Å². The van der Waals surface area contributed by atoms with E-state index in [0.29, 0.717) is 22.6 Å². The van der Waals surface area contributed by atoms with E-state index in [-0.39, 0.29) is 0 Å². The van der Waals surface area contributed by atoms with Gasteiger partial charge in [-0.25, -0.2) is 0 Å². The molecule has 16 heavy (non-hydrogen) atoms. The molecule has 1 rings (SSSR count). The van der Waals surface area contributed by atoms with Crippen molar-refractivity contribution in [3.05, 3.63) is 24.0 Å². The van der Waals surface area contributed by atoms with Crippen LogP contribution in [-0.4, -0.2) is 23.1 Å². The Balaban J connectivity index is 2.85. The number of nitrogens with zero attached hydrogens (tertiary/aromatic N) is 2. The van der Waals surface area contributed by atoms with Crippen LogP contribution in [0.5, 0.6) is 0 Å². The molecule has 0 aromatic carbocycles. The molecule has 0 saturated carbocycles. The standard InChI is InChI=1S/C12H19N3S/c1-8(2)9(3)15(4)10-5-6-11(12(13)16)14-7-10/h5-9H,1-4H3,(H2,13,16). The van der Waals surface area contributed by atoms with Crippen LogP contribution in [0.1, 0.15) is 26.5 Å². The molecular weight excluding hydrogens is 218 g/mol. The van der Waals surface area contributed by atoms with Crippen molar-refractivity contribution in [2.24, 2.45) is 11.7 Å². The predicted molar refractivity (Wildman–Crippen MR) is 72.8 cm³/mol. The van der Waals surface area contributed by atoms with E-state index in [1.807, 2.05) is 18.3 Å². The first kappa shape index (κ1) is 12.9. The molecule has 0 bridgehead atoms.